The van der Waals surface area contributed by atoms with Crippen LogP contribution in [0.5, 0.6) is 0 Å². The van der Waals surface area contributed by atoms with Crippen LogP contribution in [0.4, 0.5) is 0 Å². The monoisotopic (exact) mass is 267 g/mol. The van der Waals surface area contributed by atoms with Crippen LogP contribution < -0.4 is 0 Å². The number of hydrogen-bond donors (Lipinski definition) is 0. The maximum absolute atomic E-state index is 4.00. The number of rotatable bonds is 4. The molecule has 0 spiro atoms. The molecule has 0 saturated carbocycles. The lowest BCUT2D eigenvalue weighted by molar-refractivity contribution is 0.257. The SMILES string of the molecule is [CH2]CC(C)(I)C(C)(C)CCC. The normalized spacial score (nSPS) is 18.0. The molecule has 1 radical (unpaired) electrons. The van der Waals surface area contributed by atoms with Crippen molar-refractivity contribution >= 4 is 22.6 Å². The highest BCUT2D eigenvalue weighted by atomic mass is 127. The summed E-state index contributed by atoms with van der Waals surface area (Å²) in [5, 5.41) is 0. The lowest BCUT2D eigenvalue weighted by Crippen LogP contribution is -2.35. The van der Waals surface area contributed by atoms with Crippen molar-refractivity contribution in [2.75, 3.05) is 0 Å². The van der Waals surface area contributed by atoms with Gasteiger partial charge >= 0.3 is 0 Å². The molecule has 1 atom stereocenters. The quantitative estimate of drug-likeness (QED) is 0.528. The lowest BCUT2D eigenvalue weighted by Gasteiger charge is -2.39. The summed E-state index contributed by atoms with van der Waals surface area (Å²) in [5.41, 5.74) is 0.421. The van der Waals surface area contributed by atoms with Crippen LogP contribution in [0.1, 0.15) is 47.0 Å². The largest absolute Gasteiger partial charge is 0.0786 e. The maximum Gasteiger partial charge on any atom is 0.0245 e. The van der Waals surface area contributed by atoms with Crippen molar-refractivity contribution in [1.82, 2.24) is 0 Å². The van der Waals surface area contributed by atoms with E-state index in [1.807, 2.05) is 0 Å². The first-order valence-electron chi connectivity index (χ1n) is 4.35. The Morgan fingerprint density at radius 1 is 1.27 bits per heavy atom. The molecule has 0 amide bonds. The molecule has 67 valence electrons. The molecule has 11 heavy (non-hydrogen) atoms. The van der Waals surface area contributed by atoms with Gasteiger partial charge in [0, 0.05) is 3.42 Å². The number of alkyl halides is 1. The smallest absolute Gasteiger partial charge is 0.0245 e. The van der Waals surface area contributed by atoms with Crippen molar-refractivity contribution in [3.8, 4) is 0 Å². The van der Waals surface area contributed by atoms with E-state index in [4.69, 9.17) is 0 Å². The molecule has 0 N–H and O–H groups in total. The van der Waals surface area contributed by atoms with Gasteiger partial charge in [-0.05, 0) is 18.3 Å². The van der Waals surface area contributed by atoms with Crippen molar-refractivity contribution in [3.05, 3.63) is 6.92 Å². The average molecular weight is 267 g/mol. The van der Waals surface area contributed by atoms with Gasteiger partial charge in [-0.25, -0.2) is 0 Å². The Labute approximate surface area is 85.3 Å². The molecule has 0 nitrogen and oxygen atoms in total. The molecule has 0 fully saturated rings. The lowest BCUT2D eigenvalue weighted by atomic mass is 9.75. The average Bonchev–Trinajstić information content (AvgIpc) is 1.87. The Kier molecular flexibility index (Phi) is 4.38. The minimum atomic E-state index is 0.348. The van der Waals surface area contributed by atoms with Crippen molar-refractivity contribution in [1.29, 1.82) is 0 Å². The first kappa shape index (κ1) is 11.7. The van der Waals surface area contributed by atoms with E-state index >= 15 is 0 Å². The molecule has 0 bridgehead atoms. The predicted octanol–water partition coefficient (Wildman–Crippen LogP) is 4.23. The summed E-state index contributed by atoms with van der Waals surface area (Å²) < 4.78 is 0.348. The Hall–Kier alpha value is 0.730. The third kappa shape index (κ3) is 2.92. The number of hydrogen-bond acceptors (Lipinski definition) is 0. The van der Waals surface area contributed by atoms with Crippen molar-refractivity contribution in [2.24, 2.45) is 5.41 Å². The van der Waals surface area contributed by atoms with Gasteiger partial charge in [0.15, 0.2) is 0 Å². The van der Waals surface area contributed by atoms with Gasteiger partial charge in [-0.1, -0.05) is 63.6 Å². The minimum absolute atomic E-state index is 0.348. The van der Waals surface area contributed by atoms with Crippen LogP contribution in [-0.4, -0.2) is 3.42 Å². The van der Waals surface area contributed by atoms with Gasteiger partial charge in [0.05, 0.1) is 0 Å². The van der Waals surface area contributed by atoms with E-state index in [1.54, 1.807) is 0 Å². The van der Waals surface area contributed by atoms with E-state index in [1.165, 1.54) is 12.8 Å². The zero-order chi connectivity index (χ0) is 9.12. The third-order valence-corrected chi connectivity index (χ3v) is 4.76. The summed E-state index contributed by atoms with van der Waals surface area (Å²) in [6, 6.07) is 0. The maximum atomic E-state index is 4.00. The summed E-state index contributed by atoms with van der Waals surface area (Å²) in [5.74, 6) is 0. The zero-order valence-corrected chi connectivity index (χ0v) is 10.4. The topological polar surface area (TPSA) is 0 Å². The zero-order valence-electron chi connectivity index (χ0n) is 8.21. The second-order valence-electron chi connectivity index (χ2n) is 4.08. The van der Waals surface area contributed by atoms with E-state index in [-0.39, 0.29) is 0 Å². The van der Waals surface area contributed by atoms with Gasteiger partial charge in [-0.2, -0.15) is 0 Å². The summed E-state index contributed by atoms with van der Waals surface area (Å²) in [4.78, 5) is 0. The molecule has 0 heterocycles. The van der Waals surface area contributed by atoms with Crippen LogP contribution in [0.15, 0.2) is 0 Å². The Morgan fingerprint density at radius 2 is 1.73 bits per heavy atom. The van der Waals surface area contributed by atoms with Crippen LogP contribution in [0.3, 0.4) is 0 Å². The summed E-state index contributed by atoms with van der Waals surface area (Å²) in [6.45, 7) is 13.2. The van der Waals surface area contributed by atoms with Crippen LogP contribution in [0, 0.1) is 12.3 Å². The third-order valence-electron chi connectivity index (χ3n) is 2.76. The molecule has 0 aliphatic heterocycles. The first-order valence-corrected chi connectivity index (χ1v) is 5.43. The summed E-state index contributed by atoms with van der Waals surface area (Å²) in [6.07, 6.45) is 3.58. The predicted molar refractivity (Wildman–Crippen MR) is 61.1 cm³/mol. The molecule has 0 aromatic rings. The molecule has 0 aromatic heterocycles. The Bertz CT molecular complexity index is 114. The molecule has 0 aliphatic carbocycles. The van der Waals surface area contributed by atoms with E-state index in [0.717, 1.165) is 6.42 Å². The van der Waals surface area contributed by atoms with Gasteiger partial charge in [0.25, 0.3) is 0 Å². The molecule has 1 heteroatoms. The minimum Gasteiger partial charge on any atom is -0.0786 e. The highest BCUT2D eigenvalue weighted by Crippen LogP contribution is 2.44. The van der Waals surface area contributed by atoms with Crippen LogP contribution in [0.2, 0.25) is 0 Å². The summed E-state index contributed by atoms with van der Waals surface area (Å²) >= 11 is 2.54. The second kappa shape index (κ2) is 4.11. The molecule has 0 saturated heterocycles. The van der Waals surface area contributed by atoms with Crippen LogP contribution >= 0.6 is 22.6 Å². The molecule has 1 unspecified atom stereocenters. The van der Waals surface area contributed by atoms with E-state index in [2.05, 4.69) is 57.2 Å². The second-order valence-corrected chi connectivity index (χ2v) is 6.46. The van der Waals surface area contributed by atoms with Gasteiger partial charge in [-0.3, -0.25) is 0 Å². The molecule has 0 rings (SSSR count). The molecular weight excluding hydrogens is 247 g/mol. The highest BCUT2D eigenvalue weighted by Gasteiger charge is 2.35. The summed E-state index contributed by atoms with van der Waals surface area (Å²) in [7, 11) is 0. The molecular formula is C10H20I. The molecule has 0 aromatic carbocycles. The van der Waals surface area contributed by atoms with Crippen molar-refractivity contribution in [3.63, 3.8) is 0 Å². The van der Waals surface area contributed by atoms with E-state index in [9.17, 15) is 0 Å². The fourth-order valence-electron chi connectivity index (χ4n) is 1.22. The van der Waals surface area contributed by atoms with Gasteiger partial charge in [0.1, 0.15) is 0 Å². The fourth-order valence-corrected chi connectivity index (χ4v) is 1.49. The van der Waals surface area contributed by atoms with Gasteiger partial charge in [0.2, 0.25) is 0 Å². The highest BCUT2D eigenvalue weighted by molar-refractivity contribution is 14.1. The Morgan fingerprint density at radius 3 is 2.00 bits per heavy atom. The fraction of sp³-hybridized carbons (Fsp3) is 0.900. The standard InChI is InChI=1S/C10H20I/c1-6-8-9(3,4)10(5,11)7-2/h2,6-8H2,1,3-5H3. The first-order chi connectivity index (χ1) is 4.87. The Balaban J connectivity index is 4.26. The van der Waals surface area contributed by atoms with Crippen LogP contribution in [-0.2, 0) is 0 Å². The molecule has 0 aliphatic rings. The van der Waals surface area contributed by atoms with E-state index < -0.39 is 0 Å². The van der Waals surface area contributed by atoms with Crippen molar-refractivity contribution in [2.45, 2.75) is 50.4 Å². The van der Waals surface area contributed by atoms with E-state index in [0.29, 0.717) is 8.84 Å². The van der Waals surface area contributed by atoms with Gasteiger partial charge < -0.3 is 0 Å². The van der Waals surface area contributed by atoms with Gasteiger partial charge in [-0.15, -0.1) is 0 Å². The van der Waals surface area contributed by atoms with Crippen molar-refractivity contribution < 1.29 is 0 Å². The number of halogens is 1. The van der Waals surface area contributed by atoms with Crippen LogP contribution in [0.25, 0.3) is 0 Å².